The number of amides is 1. The molecule has 1 aliphatic heterocycles. The second kappa shape index (κ2) is 5.59. The van der Waals surface area contributed by atoms with Gasteiger partial charge in [0, 0.05) is 11.3 Å². The third-order valence-corrected chi connectivity index (χ3v) is 5.15. The molecule has 0 bridgehead atoms. The molecule has 1 aromatic heterocycles. The van der Waals surface area contributed by atoms with Crippen LogP contribution in [0, 0.1) is 6.92 Å². The van der Waals surface area contributed by atoms with Crippen LogP contribution < -0.4 is 5.32 Å². The Bertz CT molecular complexity index is 739. The first-order chi connectivity index (χ1) is 10.8. The number of aromatic amines is 1. The molecule has 0 saturated carbocycles. The summed E-state index contributed by atoms with van der Waals surface area (Å²) < 4.78 is 38.2. The number of benzene rings is 1. The first-order valence-corrected chi connectivity index (χ1v) is 7.90. The number of carbonyl (C=O) groups is 1. The summed E-state index contributed by atoms with van der Waals surface area (Å²) in [5.41, 5.74) is 1.60. The van der Waals surface area contributed by atoms with Crippen LogP contribution in [0.5, 0.6) is 0 Å². The molecule has 0 unspecified atom stereocenters. The lowest BCUT2D eigenvalue weighted by Gasteiger charge is -2.18. The Hall–Kier alpha value is -1.96. The highest BCUT2D eigenvalue weighted by Gasteiger charge is 2.34. The van der Waals surface area contributed by atoms with E-state index in [1.54, 1.807) is 6.92 Å². The van der Waals surface area contributed by atoms with Crippen LogP contribution in [0.25, 0.3) is 0 Å². The highest BCUT2D eigenvalue weighted by atomic mass is 32.2. The van der Waals surface area contributed by atoms with Gasteiger partial charge in [-0.05, 0) is 31.5 Å². The first-order valence-electron chi connectivity index (χ1n) is 6.95. The average Bonchev–Trinajstić information content (AvgIpc) is 2.78. The molecule has 1 aliphatic rings. The molecule has 8 heteroatoms. The van der Waals surface area contributed by atoms with Crippen molar-refractivity contribution in [3.63, 3.8) is 0 Å². The van der Waals surface area contributed by atoms with Gasteiger partial charge < -0.3 is 5.32 Å². The Labute approximate surface area is 134 Å². The second-order valence-electron chi connectivity index (χ2n) is 5.38. The van der Waals surface area contributed by atoms with Crippen molar-refractivity contribution < 1.29 is 18.0 Å². The number of nitrogens with one attached hydrogen (secondary N) is 2. The summed E-state index contributed by atoms with van der Waals surface area (Å²) in [6.07, 6.45) is -4.36. The smallest absolute Gasteiger partial charge is 0.308 e. The number of anilines is 1. The number of H-pyrrole nitrogens is 1. The first kappa shape index (κ1) is 15.9. The maximum absolute atomic E-state index is 12.7. The average molecular weight is 341 g/mol. The Kier molecular flexibility index (Phi) is 3.87. The van der Waals surface area contributed by atoms with E-state index in [1.165, 1.54) is 23.9 Å². The molecule has 2 atom stereocenters. The van der Waals surface area contributed by atoms with E-state index >= 15 is 0 Å². The molecule has 3 rings (SSSR count). The van der Waals surface area contributed by atoms with Crippen LogP contribution in [0.15, 0.2) is 24.3 Å². The van der Waals surface area contributed by atoms with Gasteiger partial charge in [0.05, 0.1) is 16.1 Å². The van der Waals surface area contributed by atoms with Gasteiger partial charge in [-0.3, -0.25) is 9.89 Å². The molecule has 1 amide bonds. The summed E-state index contributed by atoms with van der Waals surface area (Å²) in [5.74, 6) is 0.270. The van der Waals surface area contributed by atoms with E-state index in [2.05, 4.69) is 15.5 Å². The van der Waals surface area contributed by atoms with Gasteiger partial charge >= 0.3 is 6.18 Å². The molecule has 4 nitrogen and oxygen atoms in total. The molecule has 1 aromatic carbocycles. The quantitative estimate of drug-likeness (QED) is 0.827. The fourth-order valence-electron chi connectivity index (χ4n) is 2.50. The van der Waals surface area contributed by atoms with Gasteiger partial charge in [-0.1, -0.05) is 12.1 Å². The number of halogens is 3. The molecule has 0 spiro atoms. The van der Waals surface area contributed by atoms with Crippen LogP contribution in [0.2, 0.25) is 0 Å². The fraction of sp³-hybridized carbons (Fsp3) is 0.333. The van der Waals surface area contributed by atoms with Gasteiger partial charge in [0.25, 0.3) is 0 Å². The standard InChI is InChI=1S/C15H14F3N3OS/c1-7-11-12(9-3-5-10(6-4-9)15(16,17)18)23-8(2)14(22)19-13(11)21-20-7/h3-6,8,12H,1-2H3,(H2,19,20,21,22)/t8-,12-/m1/s1. The third kappa shape index (κ3) is 2.95. The fourth-order valence-corrected chi connectivity index (χ4v) is 3.83. The van der Waals surface area contributed by atoms with Gasteiger partial charge in [0.2, 0.25) is 5.91 Å². The Morgan fingerprint density at radius 3 is 2.48 bits per heavy atom. The summed E-state index contributed by atoms with van der Waals surface area (Å²) in [5, 5.41) is 9.05. The highest BCUT2D eigenvalue weighted by Crippen LogP contribution is 2.45. The maximum Gasteiger partial charge on any atom is 0.416 e. The van der Waals surface area contributed by atoms with Gasteiger partial charge in [-0.2, -0.15) is 18.3 Å². The number of aromatic nitrogens is 2. The predicted octanol–water partition coefficient (Wildman–Crippen LogP) is 3.90. The Morgan fingerprint density at radius 1 is 1.22 bits per heavy atom. The minimum atomic E-state index is -4.36. The SMILES string of the molecule is Cc1[nH]nc2c1[C@@H](c1ccc(C(F)(F)F)cc1)S[C@H](C)C(=O)N2. The predicted molar refractivity (Wildman–Crippen MR) is 82.3 cm³/mol. The van der Waals surface area contributed by atoms with E-state index in [1.807, 2.05) is 6.92 Å². The number of thioether (sulfide) groups is 1. The molecular weight excluding hydrogens is 327 g/mol. The normalized spacial score (nSPS) is 21.5. The zero-order valence-corrected chi connectivity index (χ0v) is 13.2. The lowest BCUT2D eigenvalue weighted by molar-refractivity contribution is -0.137. The number of alkyl halides is 3. The molecular formula is C15H14F3N3OS. The zero-order valence-electron chi connectivity index (χ0n) is 12.4. The maximum atomic E-state index is 12.7. The van der Waals surface area contributed by atoms with E-state index < -0.39 is 11.7 Å². The molecule has 2 aromatic rings. The number of aryl methyl sites for hydroxylation is 1. The minimum Gasteiger partial charge on any atom is -0.308 e. The largest absolute Gasteiger partial charge is 0.416 e. The minimum absolute atomic E-state index is 0.169. The van der Waals surface area contributed by atoms with Crippen molar-refractivity contribution in [1.29, 1.82) is 0 Å². The van der Waals surface area contributed by atoms with Crippen molar-refractivity contribution in [2.45, 2.75) is 30.5 Å². The molecule has 0 radical (unpaired) electrons. The van der Waals surface area contributed by atoms with Crippen molar-refractivity contribution in [1.82, 2.24) is 10.2 Å². The van der Waals surface area contributed by atoms with Crippen LogP contribution in [0.1, 0.15) is 34.6 Å². The molecule has 0 aliphatic carbocycles. The topological polar surface area (TPSA) is 57.8 Å². The van der Waals surface area contributed by atoms with Crippen molar-refractivity contribution >= 4 is 23.5 Å². The lowest BCUT2D eigenvalue weighted by atomic mass is 10.0. The number of rotatable bonds is 1. The van der Waals surface area contributed by atoms with Gasteiger partial charge in [-0.15, -0.1) is 11.8 Å². The monoisotopic (exact) mass is 341 g/mol. The van der Waals surface area contributed by atoms with Crippen molar-refractivity contribution in [2.24, 2.45) is 0 Å². The van der Waals surface area contributed by atoms with Crippen molar-refractivity contribution in [3.8, 4) is 0 Å². The number of hydrogen-bond acceptors (Lipinski definition) is 3. The summed E-state index contributed by atoms with van der Waals surface area (Å²) in [6, 6.07) is 5.05. The highest BCUT2D eigenvalue weighted by molar-refractivity contribution is 8.01. The van der Waals surface area contributed by atoms with E-state index in [0.29, 0.717) is 11.4 Å². The van der Waals surface area contributed by atoms with Crippen LogP contribution in [-0.4, -0.2) is 21.4 Å². The number of nitrogens with zero attached hydrogens (tertiary/aromatic N) is 1. The van der Waals surface area contributed by atoms with E-state index in [4.69, 9.17) is 0 Å². The summed E-state index contributed by atoms with van der Waals surface area (Å²) >= 11 is 1.39. The van der Waals surface area contributed by atoms with Crippen LogP contribution in [-0.2, 0) is 11.0 Å². The van der Waals surface area contributed by atoms with Crippen LogP contribution in [0.3, 0.4) is 0 Å². The lowest BCUT2D eigenvalue weighted by Crippen LogP contribution is -2.21. The molecule has 2 heterocycles. The second-order valence-corrected chi connectivity index (χ2v) is 6.83. The van der Waals surface area contributed by atoms with Gasteiger partial charge in [0.15, 0.2) is 5.82 Å². The van der Waals surface area contributed by atoms with Gasteiger partial charge in [0.1, 0.15) is 0 Å². The van der Waals surface area contributed by atoms with Crippen molar-refractivity contribution in [2.75, 3.05) is 5.32 Å². The molecule has 0 saturated heterocycles. The van der Waals surface area contributed by atoms with Crippen molar-refractivity contribution in [3.05, 3.63) is 46.6 Å². The Morgan fingerprint density at radius 2 is 1.87 bits per heavy atom. The zero-order chi connectivity index (χ0) is 16.8. The van der Waals surface area contributed by atoms with E-state index in [-0.39, 0.29) is 16.4 Å². The van der Waals surface area contributed by atoms with E-state index in [9.17, 15) is 18.0 Å². The number of fused-ring (bicyclic) bond motifs is 1. The molecule has 0 fully saturated rings. The number of hydrogen-bond donors (Lipinski definition) is 2. The van der Waals surface area contributed by atoms with Gasteiger partial charge in [-0.25, -0.2) is 0 Å². The number of carbonyl (C=O) groups excluding carboxylic acids is 1. The summed E-state index contributed by atoms with van der Waals surface area (Å²) in [6.45, 7) is 3.59. The third-order valence-electron chi connectivity index (χ3n) is 3.75. The molecule has 23 heavy (non-hydrogen) atoms. The molecule has 2 N–H and O–H groups in total. The van der Waals surface area contributed by atoms with Crippen LogP contribution in [0.4, 0.5) is 19.0 Å². The van der Waals surface area contributed by atoms with Crippen LogP contribution >= 0.6 is 11.8 Å². The Balaban J connectivity index is 2.04. The molecule has 122 valence electrons. The summed E-state index contributed by atoms with van der Waals surface area (Å²) in [4.78, 5) is 12.0. The van der Waals surface area contributed by atoms with E-state index in [0.717, 1.165) is 23.4 Å². The summed E-state index contributed by atoms with van der Waals surface area (Å²) in [7, 11) is 0.